The highest BCUT2D eigenvalue weighted by atomic mass is 16.5. The number of urea groups is 1. The summed E-state index contributed by atoms with van der Waals surface area (Å²) in [6, 6.07) is 12.0. The first kappa shape index (κ1) is 23.8. The molecule has 0 aromatic heterocycles. The second kappa shape index (κ2) is 10.0. The van der Waals surface area contributed by atoms with Crippen molar-refractivity contribution in [3.05, 3.63) is 64.7 Å². The van der Waals surface area contributed by atoms with Crippen molar-refractivity contribution in [2.75, 3.05) is 45.9 Å². The van der Waals surface area contributed by atoms with E-state index in [0.717, 1.165) is 25.9 Å². The number of imide groups is 1. The molecule has 0 N–H and O–H groups in total. The van der Waals surface area contributed by atoms with Crippen LogP contribution in [-0.4, -0.2) is 89.2 Å². The Hall–Kier alpha value is -3.88. The normalized spacial score (nSPS) is 17.6. The van der Waals surface area contributed by atoms with Crippen LogP contribution >= 0.6 is 0 Å². The number of piperazine rings is 1. The fourth-order valence-electron chi connectivity index (χ4n) is 5.07. The first-order valence-corrected chi connectivity index (χ1v) is 12.5. The van der Waals surface area contributed by atoms with Crippen LogP contribution in [0.5, 0.6) is 5.75 Å². The van der Waals surface area contributed by atoms with Gasteiger partial charge in [-0.25, -0.2) is 4.79 Å². The predicted octanol–water partition coefficient (Wildman–Crippen LogP) is 2.86. The summed E-state index contributed by atoms with van der Waals surface area (Å²) < 4.78 is 5.73. The lowest BCUT2D eigenvalue weighted by Gasteiger charge is -2.36. The van der Waals surface area contributed by atoms with Crippen molar-refractivity contribution in [2.24, 2.45) is 0 Å². The molecule has 9 heteroatoms. The first-order chi connectivity index (χ1) is 17.5. The highest BCUT2D eigenvalue weighted by Crippen LogP contribution is 2.27. The third-order valence-corrected chi connectivity index (χ3v) is 7.01. The molecule has 2 aromatic carbocycles. The Morgan fingerprint density at radius 1 is 0.806 bits per heavy atom. The van der Waals surface area contributed by atoms with Gasteiger partial charge in [-0.3, -0.25) is 19.3 Å². The van der Waals surface area contributed by atoms with E-state index < -0.39 is 0 Å². The van der Waals surface area contributed by atoms with E-state index >= 15 is 0 Å². The van der Waals surface area contributed by atoms with Gasteiger partial charge in [-0.05, 0) is 49.6 Å². The average Bonchev–Trinajstić information content (AvgIpc) is 3.53. The quantitative estimate of drug-likeness (QED) is 0.602. The first-order valence-electron chi connectivity index (χ1n) is 12.5. The largest absolute Gasteiger partial charge is 0.493 e. The van der Waals surface area contributed by atoms with E-state index in [9.17, 15) is 19.2 Å². The number of rotatable bonds is 5. The number of hydrogen-bond acceptors (Lipinski definition) is 5. The Kier molecular flexibility index (Phi) is 6.63. The van der Waals surface area contributed by atoms with Crippen molar-refractivity contribution in [2.45, 2.75) is 26.3 Å². The summed E-state index contributed by atoms with van der Waals surface area (Å²) in [6.45, 7) is 5.76. The van der Waals surface area contributed by atoms with E-state index in [0.29, 0.717) is 60.8 Å². The van der Waals surface area contributed by atoms with Crippen LogP contribution in [0.25, 0.3) is 0 Å². The number of ether oxygens (including phenoxy) is 1. The van der Waals surface area contributed by atoms with Gasteiger partial charge in [0.1, 0.15) is 5.75 Å². The van der Waals surface area contributed by atoms with Crippen LogP contribution < -0.4 is 4.74 Å². The van der Waals surface area contributed by atoms with Crippen LogP contribution in [0.3, 0.4) is 0 Å². The van der Waals surface area contributed by atoms with E-state index in [4.69, 9.17) is 4.74 Å². The maximum atomic E-state index is 13.5. The monoisotopic (exact) mass is 490 g/mol. The number of likely N-dealkylation sites (tertiary alicyclic amines) is 1. The molecule has 0 atom stereocenters. The Bertz CT molecular complexity index is 1160. The van der Waals surface area contributed by atoms with Crippen LogP contribution in [0.15, 0.2) is 42.5 Å². The zero-order valence-corrected chi connectivity index (χ0v) is 20.4. The number of carbonyl (C=O) groups excluding carboxylic acids is 4. The van der Waals surface area contributed by atoms with Crippen molar-refractivity contribution in [1.82, 2.24) is 19.6 Å². The molecule has 2 aromatic rings. The third-order valence-electron chi connectivity index (χ3n) is 7.01. The average molecular weight is 491 g/mol. The van der Waals surface area contributed by atoms with Crippen molar-refractivity contribution >= 4 is 23.8 Å². The van der Waals surface area contributed by atoms with Gasteiger partial charge < -0.3 is 19.4 Å². The molecule has 0 saturated carbocycles. The van der Waals surface area contributed by atoms with Crippen LogP contribution in [0, 0.1) is 0 Å². The standard InChI is InChI=1S/C27H30N4O5/c1-2-36-23-10-9-19(18-31-25(33)20-7-3-4-8-21(20)26(31)34)17-22(23)24(32)28-13-15-30(16-14-28)27(35)29-11-5-6-12-29/h3-4,7-10,17H,2,5-6,11-16,18H2,1H3. The zero-order valence-electron chi connectivity index (χ0n) is 20.4. The molecule has 188 valence electrons. The lowest BCUT2D eigenvalue weighted by Crippen LogP contribution is -2.53. The topological polar surface area (TPSA) is 90.5 Å². The summed E-state index contributed by atoms with van der Waals surface area (Å²) in [4.78, 5) is 58.4. The van der Waals surface area contributed by atoms with E-state index in [1.165, 1.54) is 4.90 Å². The highest BCUT2D eigenvalue weighted by Gasteiger charge is 2.35. The van der Waals surface area contributed by atoms with Gasteiger partial charge in [-0.15, -0.1) is 0 Å². The molecule has 5 amide bonds. The van der Waals surface area contributed by atoms with E-state index in [1.54, 1.807) is 47.4 Å². The minimum Gasteiger partial charge on any atom is -0.493 e. The maximum absolute atomic E-state index is 13.5. The van der Waals surface area contributed by atoms with Crippen molar-refractivity contribution in [3.8, 4) is 5.75 Å². The van der Waals surface area contributed by atoms with Crippen LogP contribution in [0.4, 0.5) is 4.79 Å². The minimum absolute atomic E-state index is 0.0533. The molecule has 36 heavy (non-hydrogen) atoms. The van der Waals surface area contributed by atoms with Gasteiger partial charge in [0.05, 0.1) is 29.8 Å². The van der Waals surface area contributed by atoms with Crippen molar-refractivity contribution < 1.29 is 23.9 Å². The summed E-state index contributed by atoms with van der Waals surface area (Å²) >= 11 is 0. The third kappa shape index (κ3) is 4.41. The second-order valence-corrected chi connectivity index (χ2v) is 9.26. The molecule has 0 spiro atoms. The predicted molar refractivity (Wildman–Crippen MR) is 132 cm³/mol. The molecule has 0 aliphatic carbocycles. The molecule has 5 rings (SSSR count). The zero-order chi connectivity index (χ0) is 25.2. The Morgan fingerprint density at radius 3 is 2.00 bits per heavy atom. The number of carbonyl (C=O) groups is 4. The van der Waals surface area contributed by atoms with Crippen molar-refractivity contribution in [1.29, 1.82) is 0 Å². The summed E-state index contributed by atoms with van der Waals surface area (Å²) in [5.41, 5.74) is 1.85. The van der Waals surface area contributed by atoms with Gasteiger partial charge in [-0.1, -0.05) is 18.2 Å². The minimum atomic E-state index is -0.337. The molecule has 0 unspecified atom stereocenters. The van der Waals surface area contributed by atoms with E-state index in [2.05, 4.69) is 0 Å². The molecule has 2 fully saturated rings. The Labute approximate surface area is 210 Å². The lowest BCUT2D eigenvalue weighted by atomic mass is 10.1. The van der Waals surface area contributed by atoms with Gasteiger partial charge in [0.15, 0.2) is 0 Å². The summed E-state index contributed by atoms with van der Waals surface area (Å²) in [5, 5.41) is 0. The lowest BCUT2D eigenvalue weighted by molar-refractivity contribution is 0.0639. The van der Waals surface area contributed by atoms with Crippen LogP contribution in [-0.2, 0) is 6.54 Å². The fourth-order valence-corrected chi connectivity index (χ4v) is 5.07. The molecule has 0 bridgehead atoms. The van der Waals surface area contributed by atoms with Gasteiger partial charge in [0.2, 0.25) is 0 Å². The number of nitrogens with zero attached hydrogens (tertiary/aromatic N) is 4. The number of amides is 5. The Balaban J connectivity index is 1.30. The summed E-state index contributed by atoms with van der Waals surface area (Å²) in [7, 11) is 0. The molecule has 3 aliphatic rings. The maximum Gasteiger partial charge on any atom is 0.320 e. The van der Waals surface area contributed by atoms with Crippen LogP contribution in [0.1, 0.15) is 56.4 Å². The number of fused-ring (bicyclic) bond motifs is 1. The van der Waals surface area contributed by atoms with E-state index in [-0.39, 0.29) is 30.3 Å². The molecule has 2 saturated heterocycles. The van der Waals surface area contributed by atoms with Gasteiger partial charge >= 0.3 is 6.03 Å². The molecule has 3 aliphatic heterocycles. The van der Waals surface area contributed by atoms with E-state index in [1.807, 2.05) is 16.7 Å². The van der Waals surface area contributed by atoms with Gasteiger partial charge in [-0.2, -0.15) is 0 Å². The molecule has 3 heterocycles. The highest BCUT2D eigenvalue weighted by molar-refractivity contribution is 6.21. The summed E-state index contributed by atoms with van der Waals surface area (Å²) in [5.74, 6) is -0.396. The van der Waals surface area contributed by atoms with Crippen molar-refractivity contribution in [3.63, 3.8) is 0 Å². The molecular weight excluding hydrogens is 460 g/mol. The number of hydrogen-bond donors (Lipinski definition) is 0. The molecular formula is C27H30N4O5. The second-order valence-electron chi connectivity index (χ2n) is 9.26. The fraction of sp³-hybridized carbons (Fsp3) is 0.407. The SMILES string of the molecule is CCOc1ccc(CN2C(=O)c3ccccc3C2=O)cc1C(=O)N1CCN(C(=O)N2CCCC2)CC1. The summed E-state index contributed by atoms with van der Waals surface area (Å²) in [6.07, 6.45) is 2.09. The van der Waals surface area contributed by atoms with Crippen LogP contribution in [0.2, 0.25) is 0 Å². The van der Waals surface area contributed by atoms with Gasteiger partial charge in [0.25, 0.3) is 17.7 Å². The smallest absolute Gasteiger partial charge is 0.320 e. The molecule has 9 nitrogen and oxygen atoms in total. The van der Waals surface area contributed by atoms with Gasteiger partial charge in [0, 0.05) is 39.3 Å². The Morgan fingerprint density at radius 2 is 1.39 bits per heavy atom. The molecule has 0 radical (unpaired) electrons. The number of benzene rings is 2.